The van der Waals surface area contributed by atoms with Crippen molar-refractivity contribution in [1.82, 2.24) is 4.98 Å². The van der Waals surface area contributed by atoms with Crippen LogP contribution in [0.15, 0.2) is 36.5 Å². The van der Waals surface area contributed by atoms with Gasteiger partial charge in [-0.25, -0.2) is 0 Å². The van der Waals surface area contributed by atoms with E-state index >= 15 is 0 Å². The molecule has 2 nitrogen and oxygen atoms in total. The molecular weight excluding hydrogens is 242 g/mol. The molecule has 2 heterocycles. The Balaban J connectivity index is 1.60. The fourth-order valence-electron chi connectivity index (χ4n) is 2.28. The van der Waals surface area contributed by atoms with E-state index in [0.29, 0.717) is 6.10 Å². The van der Waals surface area contributed by atoms with Gasteiger partial charge in [0.2, 0.25) is 0 Å². The molecule has 0 aliphatic carbocycles. The van der Waals surface area contributed by atoms with Crippen molar-refractivity contribution in [2.24, 2.45) is 0 Å². The van der Waals surface area contributed by atoms with Crippen LogP contribution in [0.25, 0.3) is 10.9 Å². The van der Waals surface area contributed by atoms with Crippen LogP contribution >= 0.6 is 11.8 Å². The molecule has 3 heteroatoms. The van der Waals surface area contributed by atoms with Crippen LogP contribution in [0.2, 0.25) is 0 Å². The molecule has 1 aliphatic rings. The van der Waals surface area contributed by atoms with E-state index in [1.165, 1.54) is 23.8 Å². The van der Waals surface area contributed by atoms with E-state index in [4.69, 9.17) is 4.74 Å². The van der Waals surface area contributed by atoms with E-state index < -0.39 is 0 Å². The molecule has 0 amide bonds. The number of thioether (sulfide) groups is 1. The highest BCUT2D eigenvalue weighted by Crippen LogP contribution is 2.21. The number of benzene rings is 1. The highest BCUT2D eigenvalue weighted by Gasteiger charge is 2.14. The molecule has 1 saturated heterocycles. The van der Waals surface area contributed by atoms with Gasteiger partial charge in [-0.15, -0.1) is 0 Å². The summed E-state index contributed by atoms with van der Waals surface area (Å²) < 4.78 is 5.62. The zero-order chi connectivity index (χ0) is 12.2. The van der Waals surface area contributed by atoms with Crippen molar-refractivity contribution in [3.8, 4) is 0 Å². The Bertz CT molecular complexity index is 523. The van der Waals surface area contributed by atoms with E-state index in [1.807, 2.05) is 24.0 Å². The summed E-state index contributed by atoms with van der Waals surface area (Å²) in [7, 11) is 0. The topological polar surface area (TPSA) is 22.1 Å². The molecule has 2 aromatic rings. The second-order valence-electron chi connectivity index (χ2n) is 4.69. The molecular formula is C15H17NOS. The smallest absolute Gasteiger partial charge is 0.0702 e. The highest BCUT2D eigenvalue weighted by molar-refractivity contribution is 7.98. The maximum atomic E-state index is 5.62. The lowest BCUT2D eigenvalue weighted by atomic mass is 10.2. The molecule has 0 saturated carbocycles. The van der Waals surface area contributed by atoms with Gasteiger partial charge in [0.15, 0.2) is 0 Å². The lowest BCUT2D eigenvalue weighted by Crippen LogP contribution is -2.07. The van der Waals surface area contributed by atoms with E-state index in [1.54, 1.807) is 0 Å². The maximum Gasteiger partial charge on any atom is 0.0702 e. The molecule has 1 aromatic carbocycles. The third kappa shape index (κ3) is 2.85. The number of rotatable bonds is 4. The van der Waals surface area contributed by atoms with Gasteiger partial charge in [-0.2, -0.15) is 11.8 Å². The Morgan fingerprint density at radius 3 is 3.17 bits per heavy atom. The van der Waals surface area contributed by atoms with Crippen LogP contribution in [0.1, 0.15) is 18.4 Å². The SMILES string of the molecule is c1ccc2ncc(CSCC3CCCO3)cc2c1. The molecule has 0 radical (unpaired) electrons. The number of para-hydroxylation sites is 1. The second kappa shape index (κ2) is 5.72. The van der Waals surface area contributed by atoms with Crippen molar-refractivity contribution in [3.05, 3.63) is 42.1 Å². The number of hydrogen-bond donors (Lipinski definition) is 0. The van der Waals surface area contributed by atoms with Crippen LogP contribution in [0.4, 0.5) is 0 Å². The standard InChI is InChI=1S/C15H17NOS/c1-2-6-15-13(4-1)8-12(9-16-15)10-18-11-14-5-3-7-17-14/h1-2,4,6,8-9,14H,3,5,7,10-11H2. The van der Waals surface area contributed by atoms with E-state index in [0.717, 1.165) is 23.6 Å². The summed E-state index contributed by atoms with van der Waals surface area (Å²) >= 11 is 1.95. The lowest BCUT2D eigenvalue weighted by Gasteiger charge is -2.08. The fourth-order valence-corrected chi connectivity index (χ4v) is 3.32. The number of pyridine rings is 1. The number of nitrogens with zero attached hydrogens (tertiary/aromatic N) is 1. The van der Waals surface area contributed by atoms with Crippen LogP contribution < -0.4 is 0 Å². The quantitative estimate of drug-likeness (QED) is 0.836. The van der Waals surface area contributed by atoms with Crippen molar-refractivity contribution >= 4 is 22.7 Å². The monoisotopic (exact) mass is 259 g/mol. The van der Waals surface area contributed by atoms with Crippen LogP contribution in [0.3, 0.4) is 0 Å². The van der Waals surface area contributed by atoms with Gasteiger partial charge in [-0.1, -0.05) is 18.2 Å². The summed E-state index contributed by atoms with van der Waals surface area (Å²) in [5.41, 5.74) is 2.38. The van der Waals surface area contributed by atoms with Crippen molar-refractivity contribution in [3.63, 3.8) is 0 Å². The van der Waals surface area contributed by atoms with Gasteiger partial charge in [0.1, 0.15) is 0 Å². The average molecular weight is 259 g/mol. The molecule has 1 fully saturated rings. The van der Waals surface area contributed by atoms with Gasteiger partial charge >= 0.3 is 0 Å². The summed E-state index contributed by atoms with van der Waals surface area (Å²) in [5, 5.41) is 1.23. The minimum absolute atomic E-state index is 0.475. The largest absolute Gasteiger partial charge is 0.377 e. The first kappa shape index (κ1) is 12.0. The van der Waals surface area contributed by atoms with Gasteiger partial charge in [0.05, 0.1) is 11.6 Å². The van der Waals surface area contributed by atoms with Gasteiger partial charge in [-0.3, -0.25) is 4.98 Å². The summed E-state index contributed by atoms with van der Waals surface area (Å²) in [4.78, 5) is 4.49. The molecule has 1 unspecified atom stereocenters. The molecule has 0 bridgehead atoms. The highest BCUT2D eigenvalue weighted by atomic mass is 32.2. The molecule has 0 spiro atoms. The van der Waals surface area contributed by atoms with Crippen LogP contribution in [0, 0.1) is 0 Å². The van der Waals surface area contributed by atoms with Gasteiger partial charge in [0.25, 0.3) is 0 Å². The summed E-state index contributed by atoms with van der Waals surface area (Å²) in [5.74, 6) is 2.13. The second-order valence-corrected chi connectivity index (χ2v) is 5.72. The van der Waals surface area contributed by atoms with Crippen molar-refractivity contribution < 1.29 is 4.74 Å². The van der Waals surface area contributed by atoms with Crippen molar-refractivity contribution in [2.75, 3.05) is 12.4 Å². The van der Waals surface area contributed by atoms with E-state index in [9.17, 15) is 0 Å². The van der Waals surface area contributed by atoms with Gasteiger partial charge in [0, 0.05) is 29.7 Å². The Morgan fingerprint density at radius 1 is 1.33 bits per heavy atom. The molecule has 1 atom stereocenters. The fraction of sp³-hybridized carbons (Fsp3) is 0.400. The van der Waals surface area contributed by atoms with Gasteiger partial charge in [-0.05, 0) is 30.5 Å². The first-order chi connectivity index (χ1) is 8.92. The van der Waals surface area contributed by atoms with E-state index in [2.05, 4.69) is 29.2 Å². The Labute approximate surface area is 112 Å². The van der Waals surface area contributed by atoms with Gasteiger partial charge < -0.3 is 4.74 Å². The Morgan fingerprint density at radius 2 is 2.28 bits per heavy atom. The van der Waals surface area contributed by atoms with Crippen LogP contribution in [-0.4, -0.2) is 23.4 Å². The third-order valence-corrected chi connectivity index (χ3v) is 4.39. The molecule has 94 valence electrons. The number of fused-ring (bicyclic) bond motifs is 1. The zero-order valence-corrected chi connectivity index (χ0v) is 11.2. The van der Waals surface area contributed by atoms with Crippen LogP contribution in [-0.2, 0) is 10.5 Å². The third-order valence-electron chi connectivity index (χ3n) is 3.24. The molecule has 1 aromatic heterocycles. The molecule has 1 aliphatic heterocycles. The molecule has 18 heavy (non-hydrogen) atoms. The minimum atomic E-state index is 0.475. The van der Waals surface area contributed by atoms with E-state index in [-0.39, 0.29) is 0 Å². The maximum absolute atomic E-state index is 5.62. The minimum Gasteiger partial charge on any atom is -0.377 e. The lowest BCUT2D eigenvalue weighted by molar-refractivity contribution is 0.129. The first-order valence-electron chi connectivity index (χ1n) is 6.45. The predicted molar refractivity (Wildman–Crippen MR) is 76.9 cm³/mol. The Hall–Kier alpha value is -1.06. The van der Waals surface area contributed by atoms with Crippen molar-refractivity contribution in [2.45, 2.75) is 24.7 Å². The van der Waals surface area contributed by atoms with Crippen molar-refractivity contribution in [1.29, 1.82) is 0 Å². The summed E-state index contributed by atoms with van der Waals surface area (Å²) in [6.45, 7) is 0.947. The average Bonchev–Trinajstić information content (AvgIpc) is 2.92. The summed E-state index contributed by atoms with van der Waals surface area (Å²) in [6, 6.07) is 10.5. The normalized spacial score (nSPS) is 19.4. The van der Waals surface area contributed by atoms with Crippen LogP contribution in [0.5, 0.6) is 0 Å². The predicted octanol–water partition coefficient (Wildman–Crippen LogP) is 3.65. The number of hydrogen-bond acceptors (Lipinski definition) is 3. The summed E-state index contributed by atoms with van der Waals surface area (Å²) in [6.07, 6.45) is 4.92. The zero-order valence-electron chi connectivity index (χ0n) is 10.3. The molecule has 3 rings (SSSR count). The number of aromatic nitrogens is 1. The molecule has 0 N–H and O–H groups in total. The Kier molecular flexibility index (Phi) is 3.81. The first-order valence-corrected chi connectivity index (χ1v) is 7.60. The number of ether oxygens (including phenoxy) is 1.